The van der Waals surface area contributed by atoms with Crippen molar-refractivity contribution < 1.29 is 0 Å². The van der Waals surface area contributed by atoms with Crippen LogP contribution >= 0.6 is 0 Å². The lowest BCUT2D eigenvalue weighted by molar-refractivity contribution is 0.492. The Bertz CT molecular complexity index is 1520. The molecule has 1 atom stereocenters. The normalized spacial score (nSPS) is 18.0. The van der Waals surface area contributed by atoms with E-state index in [4.69, 9.17) is 4.98 Å². The largest absolute Gasteiger partial charge is 0.365 e. The molecule has 0 saturated carbocycles. The molecule has 2 aliphatic rings. The summed E-state index contributed by atoms with van der Waals surface area (Å²) in [4.78, 5) is 23.4. The molecular weight excluding hydrogens is 462 g/mol. The van der Waals surface area contributed by atoms with Crippen molar-refractivity contribution in [3.63, 3.8) is 0 Å². The summed E-state index contributed by atoms with van der Waals surface area (Å²) in [5.41, 5.74) is 7.54. The first kappa shape index (κ1) is 23.7. The van der Waals surface area contributed by atoms with Crippen LogP contribution in [-0.4, -0.2) is 52.0 Å². The molecule has 0 aliphatic carbocycles. The number of aromatic nitrogens is 4. The Labute approximate surface area is 217 Å². The maximum absolute atomic E-state index is 13.9. The third-order valence-electron chi connectivity index (χ3n) is 7.94. The van der Waals surface area contributed by atoms with Crippen molar-refractivity contribution in [3.05, 3.63) is 75.5 Å². The van der Waals surface area contributed by atoms with E-state index in [1.54, 1.807) is 0 Å². The summed E-state index contributed by atoms with van der Waals surface area (Å²) in [7, 11) is 0. The van der Waals surface area contributed by atoms with Gasteiger partial charge in [-0.1, -0.05) is 38.1 Å². The van der Waals surface area contributed by atoms with Crippen LogP contribution in [0.25, 0.3) is 16.6 Å². The number of aryl methyl sites for hydroxylation is 1. The van der Waals surface area contributed by atoms with Crippen molar-refractivity contribution in [2.75, 3.05) is 36.0 Å². The third kappa shape index (κ3) is 4.00. The Morgan fingerprint density at radius 3 is 2.76 bits per heavy atom. The van der Waals surface area contributed by atoms with Crippen molar-refractivity contribution in [1.82, 2.24) is 25.1 Å². The van der Waals surface area contributed by atoms with Gasteiger partial charge in [-0.2, -0.15) is 10.1 Å². The van der Waals surface area contributed by atoms with E-state index in [1.165, 1.54) is 16.8 Å². The second kappa shape index (κ2) is 9.34. The number of fused-ring (bicyclic) bond motifs is 2. The molecule has 8 nitrogen and oxygen atoms in total. The topological polar surface area (TPSA) is 82.1 Å². The van der Waals surface area contributed by atoms with Gasteiger partial charge in [0.2, 0.25) is 0 Å². The van der Waals surface area contributed by atoms with E-state index in [2.05, 4.69) is 83.3 Å². The summed E-state index contributed by atoms with van der Waals surface area (Å²) in [6, 6.07) is 12.8. The zero-order valence-corrected chi connectivity index (χ0v) is 22.1. The number of nitrogens with zero attached hydrogens (tertiary/aromatic N) is 5. The number of H-pyrrole nitrogens is 1. The third-order valence-corrected chi connectivity index (χ3v) is 7.94. The number of nitrogens with one attached hydrogen (secondary N) is 2. The first-order chi connectivity index (χ1) is 17.9. The number of benzene rings is 2. The van der Waals surface area contributed by atoms with Crippen LogP contribution in [0, 0.1) is 6.92 Å². The zero-order chi connectivity index (χ0) is 25.7. The minimum absolute atomic E-state index is 0.201. The summed E-state index contributed by atoms with van der Waals surface area (Å²) in [5, 5.41) is 12.0. The Morgan fingerprint density at radius 2 is 1.95 bits per heavy atom. The Kier molecular flexibility index (Phi) is 5.99. The Balaban J connectivity index is 1.56. The molecule has 2 aromatic carbocycles. The molecule has 4 aromatic rings. The van der Waals surface area contributed by atoms with E-state index in [0.29, 0.717) is 6.54 Å². The monoisotopic (exact) mass is 497 g/mol. The highest BCUT2D eigenvalue weighted by atomic mass is 16.1. The molecular formula is C29H35N7O. The quantitative estimate of drug-likeness (QED) is 0.445. The van der Waals surface area contributed by atoms with Crippen molar-refractivity contribution in [2.45, 2.75) is 52.6 Å². The van der Waals surface area contributed by atoms with Crippen LogP contribution in [0.5, 0.6) is 0 Å². The fourth-order valence-corrected chi connectivity index (χ4v) is 6.06. The molecule has 0 amide bonds. The molecule has 4 heterocycles. The lowest BCUT2D eigenvalue weighted by atomic mass is 9.98. The number of anilines is 2. The van der Waals surface area contributed by atoms with E-state index in [1.807, 2.05) is 16.8 Å². The van der Waals surface area contributed by atoms with Gasteiger partial charge in [0.1, 0.15) is 5.82 Å². The number of aromatic amines is 1. The van der Waals surface area contributed by atoms with Gasteiger partial charge >= 0.3 is 5.69 Å². The Hall–Kier alpha value is -3.65. The molecule has 1 saturated heterocycles. The maximum Gasteiger partial charge on any atom is 0.354 e. The predicted octanol–water partition coefficient (Wildman–Crippen LogP) is 3.90. The summed E-state index contributed by atoms with van der Waals surface area (Å²) in [5.74, 6) is 1.15. The summed E-state index contributed by atoms with van der Waals surface area (Å²) < 4.78 is 1.89. The SMILES string of the molecule is Cc1ccc2[nH]ncc2c1N1CCc2c(N3CCNC[C@@H]3C)nc(=O)n(-c3ccccc3C(C)C)c2C1. The molecule has 2 N–H and O–H groups in total. The van der Waals surface area contributed by atoms with E-state index in [9.17, 15) is 4.79 Å². The van der Waals surface area contributed by atoms with Crippen molar-refractivity contribution in [2.24, 2.45) is 0 Å². The second-order valence-corrected chi connectivity index (χ2v) is 10.7. The van der Waals surface area contributed by atoms with Gasteiger partial charge in [0.15, 0.2) is 0 Å². The minimum atomic E-state index is -0.201. The van der Waals surface area contributed by atoms with Gasteiger partial charge in [0, 0.05) is 43.2 Å². The van der Waals surface area contributed by atoms with Gasteiger partial charge in [-0.15, -0.1) is 0 Å². The average Bonchev–Trinajstić information content (AvgIpc) is 3.37. The molecule has 0 unspecified atom stereocenters. The summed E-state index contributed by atoms with van der Waals surface area (Å²) >= 11 is 0. The van der Waals surface area contributed by atoms with Crippen LogP contribution in [0.3, 0.4) is 0 Å². The van der Waals surface area contributed by atoms with Gasteiger partial charge < -0.3 is 15.1 Å². The smallest absolute Gasteiger partial charge is 0.354 e. The average molecular weight is 498 g/mol. The minimum Gasteiger partial charge on any atom is -0.365 e. The highest BCUT2D eigenvalue weighted by molar-refractivity contribution is 5.93. The van der Waals surface area contributed by atoms with Crippen LogP contribution in [0.4, 0.5) is 11.5 Å². The molecule has 0 spiro atoms. The highest BCUT2D eigenvalue weighted by Crippen LogP contribution is 2.36. The number of para-hydroxylation sites is 1. The first-order valence-electron chi connectivity index (χ1n) is 13.3. The fourth-order valence-electron chi connectivity index (χ4n) is 6.06. The number of rotatable bonds is 4. The van der Waals surface area contributed by atoms with E-state index in [-0.39, 0.29) is 17.6 Å². The Morgan fingerprint density at radius 1 is 1.11 bits per heavy atom. The van der Waals surface area contributed by atoms with E-state index >= 15 is 0 Å². The zero-order valence-electron chi connectivity index (χ0n) is 22.1. The van der Waals surface area contributed by atoms with Crippen molar-refractivity contribution in [1.29, 1.82) is 0 Å². The summed E-state index contributed by atoms with van der Waals surface area (Å²) in [6.07, 6.45) is 2.74. The molecule has 2 aromatic heterocycles. The fraction of sp³-hybridized carbons (Fsp3) is 0.414. The molecule has 192 valence electrons. The molecule has 37 heavy (non-hydrogen) atoms. The molecule has 8 heteroatoms. The lowest BCUT2D eigenvalue weighted by Gasteiger charge is -2.39. The van der Waals surface area contributed by atoms with Crippen LogP contribution in [0.1, 0.15) is 49.1 Å². The molecule has 6 rings (SSSR count). The van der Waals surface area contributed by atoms with Gasteiger partial charge in [0.25, 0.3) is 0 Å². The van der Waals surface area contributed by atoms with Crippen molar-refractivity contribution in [3.8, 4) is 5.69 Å². The van der Waals surface area contributed by atoms with Gasteiger partial charge in [-0.3, -0.25) is 9.67 Å². The summed E-state index contributed by atoms with van der Waals surface area (Å²) in [6.45, 7) is 12.8. The van der Waals surface area contributed by atoms with Crippen molar-refractivity contribution >= 4 is 22.4 Å². The highest BCUT2D eigenvalue weighted by Gasteiger charge is 2.31. The van der Waals surface area contributed by atoms with Crippen LogP contribution < -0.4 is 20.8 Å². The van der Waals surface area contributed by atoms with Gasteiger partial charge in [-0.05, 0) is 49.4 Å². The van der Waals surface area contributed by atoms with Crippen LogP contribution in [0.2, 0.25) is 0 Å². The molecule has 0 radical (unpaired) electrons. The van der Waals surface area contributed by atoms with Crippen LogP contribution in [0.15, 0.2) is 47.4 Å². The number of hydrogen-bond acceptors (Lipinski definition) is 6. The first-order valence-corrected chi connectivity index (χ1v) is 13.3. The predicted molar refractivity (Wildman–Crippen MR) is 149 cm³/mol. The second-order valence-electron chi connectivity index (χ2n) is 10.7. The van der Waals surface area contributed by atoms with Gasteiger partial charge in [0.05, 0.1) is 35.3 Å². The lowest BCUT2D eigenvalue weighted by Crippen LogP contribution is -2.52. The van der Waals surface area contributed by atoms with E-state index in [0.717, 1.165) is 66.3 Å². The number of hydrogen-bond donors (Lipinski definition) is 2. The molecule has 1 fully saturated rings. The maximum atomic E-state index is 13.9. The van der Waals surface area contributed by atoms with E-state index < -0.39 is 0 Å². The standard InChI is InChI=1S/C29H35N7O/c1-18(2)21-7-5-6-8-25(21)36-26-17-34(27-19(3)9-10-24-23(27)16-31-33-24)13-11-22(26)28(32-29(36)37)35-14-12-30-15-20(35)4/h5-10,16,18,20,30H,11-15,17H2,1-4H3,(H,31,33)/t20-/m0/s1. The molecule has 2 aliphatic heterocycles. The number of piperazine rings is 1. The van der Waals surface area contributed by atoms with Crippen LogP contribution in [-0.2, 0) is 13.0 Å². The van der Waals surface area contributed by atoms with Gasteiger partial charge in [-0.25, -0.2) is 4.79 Å². The molecule has 0 bridgehead atoms.